The number of hydrogen-bond acceptors (Lipinski definition) is 3. The standard InChI is InChI=1S/C11H6F3N3S/c12-11(13,14)10-15-9(16-17-10)8-5-6-3-1-2-4-7(6)18-8/h1-5H,(H,15,16,17). The van der Waals surface area contributed by atoms with Crippen LogP contribution in [0.15, 0.2) is 30.3 Å². The fourth-order valence-corrected chi connectivity index (χ4v) is 2.59. The first kappa shape index (κ1) is 11.2. The summed E-state index contributed by atoms with van der Waals surface area (Å²) < 4.78 is 38.2. The molecule has 1 aromatic carbocycles. The molecule has 0 saturated heterocycles. The molecule has 0 aliphatic carbocycles. The van der Waals surface area contributed by atoms with Crippen LogP contribution in [0.1, 0.15) is 5.82 Å². The van der Waals surface area contributed by atoms with Crippen molar-refractivity contribution in [1.29, 1.82) is 0 Å². The number of aromatic nitrogens is 3. The Morgan fingerprint density at radius 3 is 2.61 bits per heavy atom. The Morgan fingerprint density at radius 2 is 1.94 bits per heavy atom. The third kappa shape index (κ3) is 1.86. The van der Waals surface area contributed by atoms with E-state index in [-0.39, 0.29) is 5.82 Å². The predicted molar refractivity (Wildman–Crippen MR) is 62.2 cm³/mol. The molecule has 0 fully saturated rings. The highest BCUT2D eigenvalue weighted by atomic mass is 32.1. The molecular weight excluding hydrogens is 263 g/mol. The van der Waals surface area contributed by atoms with Crippen molar-refractivity contribution in [3.8, 4) is 10.7 Å². The van der Waals surface area contributed by atoms with E-state index in [1.165, 1.54) is 11.3 Å². The summed E-state index contributed by atoms with van der Waals surface area (Å²) in [6.45, 7) is 0. The van der Waals surface area contributed by atoms with Gasteiger partial charge in [0.2, 0.25) is 5.82 Å². The van der Waals surface area contributed by atoms with E-state index in [0.717, 1.165) is 10.1 Å². The molecule has 7 heteroatoms. The lowest BCUT2D eigenvalue weighted by atomic mass is 10.2. The molecule has 2 heterocycles. The van der Waals surface area contributed by atoms with Gasteiger partial charge < -0.3 is 0 Å². The van der Waals surface area contributed by atoms with Gasteiger partial charge in [-0.1, -0.05) is 18.2 Å². The molecule has 18 heavy (non-hydrogen) atoms. The molecule has 92 valence electrons. The van der Waals surface area contributed by atoms with Gasteiger partial charge in [-0.15, -0.1) is 11.3 Å². The average molecular weight is 269 g/mol. The van der Waals surface area contributed by atoms with Crippen LogP contribution < -0.4 is 0 Å². The Balaban J connectivity index is 2.06. The molecule has 0 spiro atoms. The predicted octanol–water partition coefficient (Wildman–Crippen LogP) is 3.71. The summed E-state index contributed by atoms with van der Waals surface area (Å²) in [5.74, 6) is -1.00. The monoisotopic (exact) mass is 269 g/mol. The van der Waals surface area contributed by atoms with Crippen LogP contribution in [0.3, 0.4) is 0 Å². The van der Waals surface area contributed by atoms with Gasteiger partial charge in [0.15, 0.2) is 5.82 Å². The van der Waals surface area contributed by atoms with E-state index in [0.29, 0.717) is 4.88 Å². The highest BCUT2D eigenvalue weighted by Gasteiger charge is 2.35. The summed E-state index contributed by atoms with van der Waals surface area (Å²) in [5.41, 5.74) is 0. The molecule has 3 nitrogen and oxygen atoms in total. The molecule has 0 aliphatic rings. The topological polar surface area (TPSA) is 41.6 Å². The van der Waals surface area contributed by atoms with Gasteiger partial charge in [0.1, 0.15) is 0 Å². The third-order valence-electron chi connectivity index (χ3n) is 2.40. The molecule has 0 radical (unpaired) electrons. The molecule has 0 bridgehead atoms. The number of nitrogens with one attached hydrogen (secondary N) is 1. The number of aromatic amines is 1. The van der Waals surface area contributed by atoms with Crippen LogP contribution in [0.4, 0.5) is 13.2 Å². The van der Waals surface area contributed by atoms with Gasteiger partial charge in [-0.3, -0.25) is 5.10 Å². The first-order valence-corrected chi connectivity index (χ1v) is 5.84. The number of H-pyrrole nitrogens is 1. The molecule has 0 atom stereocenters. The van der Waals surface area contributed by atoms with Gasteiger partial charge in [0.25, 0.3) is 0 Å². The van der Waals surface area contributed by atoms with E-state index in [4.69, 9.17) is 0 Å². The number of rotatable bonds is 1. The average Bonchev–Trinajstić information content (AvgIpc) is 2.94. The summed E-state index contributed by atoms with van der Waals surface area (Å²) in [4.78, 5) is 4.08. The number of thiophene rings is 1. The van der Waals surface area contributed by atoms with Crippen LogP contribution in [0.2, 0.25) is 0 Å². The van der Waals surface area contributed by atoms with Gasteiger partial charge in [0.05, 0.1) is 4.88 Å². The second kappa shape index (κ2) is 3.81. The Bertz CT molecular complexity index is 666. The first-order chi connectivity index (χ1) is 8.54. The van der Waals surface area contributed by atoms with Crippen LogP contribution >= 0.6 is 11.3 Å². The molecule has 1 N–H and O–H groups in total. The minimum absolute atomic E-state index is 0.0727. The van der Waals surface area contributed by atoms with E-state index in [1.807, 2.05) is 29.4 Å². The summed E-state index contributed by atoms with van der Waals surface area (Å²) in [7, 11) is 0. The minimum atomic E-state index is -4.50. The zero-order chi connectivity index (χ0) is 12.8. The number of fused-ring (bicyclic) bond motifs is 1. The summed E-state index contributed by atoms with van der Waals surface area (Å²) in [6, 6.07) is 9.33. The number of hydrogen-bond donors (Lipinski definition) is 1. The lowest BCUT2D eigenvalue weighted by molar-refractivity contribution is -0.144. The molecule has 0 saturated carbocycles. The van der Waals surface area contributed by atoms with E-state index < -0.39 is 12.0 Å². The van der Waals surface area contributed by atoms with Crippen molar-refractivity contribution in [3.63, 3.8) is 0 Å². The Labute approximate surface area is 103 Å². The van der Waals surface area contributed by atoms with Crippen molar-refractivity contribution >= 4 is 21.4 Å². The lowest BCUT2D eigenvalue weighted by Crippen LogP contribution is -2.07. The summed E-state index contributed by atoms with van der Waals surface area (Å²) in [6.07, 6.45) is -4.50. The number of alkyl halides is 3. The highest BCUT2D eigenvalue weighted by Crippen LogP contribution is 2.33. The van der Waals surface area contributed by atoms with Crippen molar-refractivity contribution < 1.29 is 13.2 Å². The quantitative estimate of drug-likeness (QED) is 0.731. The van der Waals surface area contributed by atoms with Crippen LogP contribution in [-0.4, -0.2) is 15.2 Å². The van der Waals surface area contributed by atoms with Crippen LogP contribution in [-0.2, 0) is 6.18 Å². The summed E-state index contributed by atoms with van der Waals surface area (Å²) in [5, 5.41) is 6.48. The molecule has 0 aliphatic heterocycles. The van der Waals surface area contributed by atoms with E-state index in [9.17, 15) is 13.2 Å². The van der Waals surface area contributed by atoms with Gasteiger partial charge in [-0.05, 0) is 17.5 Å². The fraction of sp³-hybridized carbons (Fsp3) is 0.0909. The summed E-state index contributed by atoms with van der Waals surface area (Å²) >= 11 is 1.36. The minimum Gasteiger partial charge on any atom is -0.255 e. The van der Waals surface area contributed by atoms with E-state index in [1.54, 1.807) is 6.07 Å². The normalized spacial score (nSPS) is 12.2. The first-order valence-electron chi connectivity index (χ1n) is 5.02. The molecule has 0 unspecified atom stereocenters. The van der Waals surface area contributed by atoms with Gasteiger partial charge in [-0.25, -0.2) is 4.98 Å². The van der Waals surface area contributed by atoms with Gasteiger partial charge in [-0.2, -0.15) is 18.3 Å². The highest BCUT2D eigenvalue weighted by molar-refractivity contribution is 7.22. The number of halogens is 3. The Kier molecular flexibility index (Phi) is 2.37. The molecule has 3 aromatic rings. The van der Waals surface area contributed by atoms with E-state index >= 15 is 0 Å². The maximum absolute atomic E-state index is 12.4. The SMILES string of the molecule is FC(F)(F)c1nc(-c2cc3ccccc3s2)n[nH]1. The van der Waals surface area contributed by atoms with Crippen molar-refractivity contribution in [1.82, 2.24) is 15.2 Å². The third-order valence-corrected chi connectivity index (χ3v) is 3.51. The second-order valence-electron chi connectivity index (χ2n) is 3.65. The number of benzene rings is 1. The Hall–Kier alpha value is -1.89. The van der Waals surface area contributed by atoms with Crippen LogP contribution in [0, 0.1) is 0 Å². The fourth-order valence-electron chi connectivity index (χ4n) is 1.59. The van der Waals surface area contributed by atoms with Crippen LogP contribution in [0.5, 0.6) is 0 Å². The van der Waals surface area contributed by atoms with Crippen LogP contribution in [0.25, 0.3) is 20.8 Å². The number of nitrogens with zero attached hydrogens (tertiary/aromatic N) is 2. The molecule has 3 rings (SSSR count). The molecular formula is C11H6F3N3S. The maximum atomic E-state index is 12.4. The molecule has 2 aromatic heterocycles. The van der Waals surface area contributed by atoms with Crippen molar-refractivity contribution in [3.05, 3.63) is 36.2 Å². The zero-order valence-electron chi connectivity index (χ0n) is 8.82. The largest absolute Gasteiger partial charge is 0.451 e. The zero-order valence-corrected chi connectivity index (χ0v) is 9.64. The smallest absolute Gasteiger partial charge is 0.255 e. The van der Waals surface area contributed by atoms with Gasteiger partial charge >= 0.3 is 6.18 Å². The second-order valence-corrected chi connectivity index (χ2v) is 4.74. The van der Waals surface area contributed by atoms with Crippen molar-refractivity contribution in [2.45, 2.75) is 6.18 Å². The van der Waals surface area contributed by atoms with Crippen molar-refractivity contribution in [2.75, 3.05) is 0 Å². The van der Waals surface area contributed by atoms with Gasteiger partial charge in [0, 0.05) is 4.70 Å². The maximum Gasteiger partial charge on any atom is 0.451 e. The molecule has 0 amide bonds. The van der Waals surface area contributed by atoms with Crippen molar-refractivity contribution in [2.24, 2.45) is 0 Å². The van der Waals surface area contributed by atoms with E-state index in [2.05, 4.69) is 10.1 Å². The lowest BCUT2D eigenvalue weighted by Gasteiger charge is -1.98. The Morgan fingerprint density at radius 1 is 1.17 bits per heavy atom.